The summed E-state index contributed by atoms with van der Waals surface area (Å²) in [6.45, 7) is 10.7. The Labute approximate surface area is 104 Å². The number of nitrogens with one attached hydrogen (secondary N) is 1. The molecule has 0 amide bonds. The van der Waals surface area contributed by atoms with Crippen LogP contribution in [0.4, 0.5) is 0 Å². The van der Waals surface area contributed by atoms with Crippen molar-refractivity contribution in [3.05, 3.63) is 23.2 Å². The highest BCUT2D eigenvalue weighted by atomic mass is 16.3. The van der Waals surface area contributed by atoms with Gasteiger partial charge in [0.1, 0.15) is 11.5 Å². The highest BCUT2D eigenvalue weighted by Gasteiger charge is 2.15. The molecule has 3 nitrogen and oxygen atoms in total. The second kappa shape index (κ2) is 5.69. The second-order valence-electron chi connectivity index (χ2n) is 5.31. The average molecular weight is 236 g/mol. The molecular weight excluding hydrogens is 212 g/mol. The summed E-state index contributed by atoms with van der Waals surface area (Å²) >= 11 is 0. The van der Waals surface area contributed by atoms with E-state index in [4.69, 9.17) is 4.42 Å². The predicted molar refractivity (Wildman–Crippen MR) is 69.9 cm³/mol. The van der Waals surface area contributed by atoms with Gasteiger partial charge < -0.3 is 9.73 Å². The largest absolute Gasteiger partial charge is 0.465 e. The molecule has 1 N–H and O–H groups in total. The van der Waals surface area contributed by atoms with Crippen molar-refractivity contribution < 1.29 is 4.42 Å². The number of hydrogen-bond acceptors (Lipinski definition) is 3. The molecular formula is C14H24N2O. The predicted octanol–water partition coefficient (Wildman–Crippen LogP) is 2.68. The highest BCUT2D eigenvalue weighted by Crippen LogP contribution is 2.18. The van der Waals surface area contributed by atoms with E-state index in [2.05, 4.69) is 37.1 Å². The monoisotopic (exact) mass is 236 g/mol. The van der Waals surface area contributed by atoms with Crippen molar-refractivity contribution in [1.82, 2.24) is 10.2 Å². The van der Waals surface area contributed by atoms with Crippen LogP contribution in [0.25, 0.3) is 0 Å². The molecule has 0 atom stereocenters. The van der Waals surface area contributed by atoms with Crippen LogP contribution < -0.4 is 5.32 Å². The minimum Gasteiger partial charge on any atom is -0.465 e. The molecule has 1 aliphatic rings. The Morgan fingerprint density at radius 2 is 2.06 bits per heavy atom. The zero-order chi connectivity index (χ0) is 12.3. The maximum absolute atomic E-state index is 5.83. The van der Waals surface area contributed by atoms with Gasteiger partial charge in [0, 0.05) is 18.2 Å². The topological polar surface area (TPSA) is 28.4 Å². The lowest BCUT2D eigenvalue weighted by molar-refractivity contribution is 0.294. The van der Waals surface area contributed by atoms with Crippen molar-refractivity contribution in [2.24, 2.45) is 0 Å². The lowest BCUT2D eigenvalue weighted by Crippen LogP contribution is -2.21. The van der Waals surface area contributed by atoms with Crippen molar-refractivity contribution in [3.63, 3.8) is 0 Å². The third-order valence-corrected chi connectivity index (χ3v) is 3.35. The van der Waals surface area contributed by atoms with E-state index in [-0.39, 0.29) is 0 Å². The van der Waals surface area contributed by atoms with Gasteiger partial charge in [-0.3, -0.25) is 4.90 Å². The molecule has 1 aliphatic heterocycles. The third-order valence-electron chi connectivity index (χ3n) is 3.35. The summed E-state index contributed by atoms with van der Waals surface area (Å²) in [6, 6.07) is 2.73. The number of nitrogens with zero attached hydrogens (tertiary/aromatic N) is 1. The van der Waals surface area contributed by atoms with Gasteiger partial charge in [-0.1, -0.05) is 13.8 Å². The molecule has 2 heterocycles. The van der Waals surface area contributed by atoms with E-state index in [1.807, 2.05) is 0 Å². The SMILES string of the molecule is Cc1oc(CN2CCCC2)cc1CNC(C)C. The number of likely N-dealkylation sites (tertiary alicyclic amines) is 1. The summed E-state index contributed by atoms with van der Waals surface area (Å²) in [5.74, 6) is 2.18. The minimum absolute atomic E-state index is 0.520. The normalized spacial score (nSPS) is 17.2. The Kier molecular flexibility index (Phi) is 4.24. The zero-order valence-corrected chi connectivity index (χ0v) is 11.3. The van der Waals surface area contributed by atoms with E-state index < -0.39 is 0 Å². The third kappa shape index (κ3) is 3.58. The molecule has 1 fully saturated rings. The first-order chi connectivity index (χ1) is 8.15. The Hall–Kier alpha value is -0.800. The number of furan rings is 1. The van der Waals surface area contributed by atoms with Crippen LogP contribution >= 0.6 is 0 Å². The lowest BCUT2D eigenvalue weighted by Gasteiger charge is -2.11. The molecule has 17 heavy (non-hydrogen) atoms. The van der Waals surface area contributed by atoms with Crippen molar-refractivity contribution >= 4 is 0 Å². The van der Waals surface area contributed by atoms with Gasteiger partial charge in [0.05, 0.1) is 6.54 Å². The van der Waals surface area contributed by atoms with Crippen LogP contribution in [0.2, 0.25) is 0 Å². The van der Waals surface area contributed by atoms with E-state index >= 15 is 0 Å². The lowest BCUT2D eigenvalue weighted by atomic mass is 10.2. The molecule has 0 bridgehead atoms. The van der Waals surface area contributed by atoms with Gasteiger partial charge in [0.15, 0.2) is 0 Å². The first-order valence-electron chi connectivity index (χ1n) is 6.69. The first kappa shape index (κ1) is 12.7. The van der Waals surface area contributed by atoms with Crippen molar-refractivity contribution in [2.75, 3.05) is 13.1 Å². The summed E-state index contributed by atoms with van der Waals surface area (Å²) in [7, 11) is 0. The summed E-state index contributed by atoms with van der Waals surface area (Å²) in [5.41, 5.74) is 1.30. The Balaban J connectivity index is 1.92. The maximum atomic E-state index is 5.83. The summed E-state index contributed by atoms with van der Waals surface area (Å²) < 4.78 is 5.83. The van der Waals surface area contributed by atoms with Crippen molar-refractivity contribution in [2.45, 2.75) is 52.7 Å². The molecule has 0 unspecified atom stereocenters. The van der Waals surface area contributed by atoms with Crippen LogP contribution in [0.1, 0.15) is 43.8 Å². The fraction of sp³-hybridized carbons (Fsp3) is 0.714. The standard InChI is InChI=1S/C14H24N2O/c1-11(2)15-9-13-8-14(17-12(13)3)10-16-6-4-5-7-16/h8,11,15H,4-7,9-10H2,1-3H3. The van der Waals surface area contributed by atoms with E-state index in [1.54, 1.807) is 0 Å². The number of hydrogen-bond donors (Lipinski definition) is 1. The molecule has 0 spiro atoms. The summed E-state index contributed by atoms with van der Waals surface area (Å²) in [4.78, 5) is 2.47. The Morgan fingerprint density at radius 3 is 2.71 bits per heavy atom. The fourth-order valence-corrected chi connectivity index (χ4v) is 2.32. The molecule has 1 aromatic heterocycles. The smallest absolute Gasteiger partial charge is 0.118 e. The van der Waals surface area contributed by atoms with Crippen LogP contribution in [0, 0.1) is 6.92 Å². The molecule has 3 heteroatoms. The fourth-order valence-electron chi connectivity index (χ4n) is 2.32. The van der Waals surface area contributed by atoms with Gasteiger partial charge in [-0.05, 0) is 38.9 Å². The second-order valence-corrected chi connectivity index (χ2v) is 5.31. The molecule has 2 rings (SSSR count). The molecule has 1 aromatic rings. The Bertz CT molecular complexity index is 351. The van der Waals surface area contributed by atoms with Gasteiger partial charge in [0.25, 0.3) is 0 Å². The molecule has 96 valence electrons. The minimum atomic E-state index is 0.520. The maximum Gasteiger partial charge on any atom is 0.118 e. The van der Waals surface area contributed by atoms with Crippen LogP contribution in [0.15, 0.2) is 10.5 Å². The molecule has 0 saturated carbocycles. The van der Waals surface area contributed by atoms with E-state index in [0.29, 0.717) is 6.04 Å². The summed E-state index contributed by atoms with van der Waals surface area (Å²) in [5, 5.41) is 3.44. The van der Waals surface area contributed by atoms with Gasteiger partial charge >= 0.3 is 0 Å². The van der Waals surface area contributed by atoms with Crippen molar-refractivity contribution in [1.29, 1.82) is 0 Å². The first-order valence-corrected chi connectivity index (χ1v) is 6.69. The van der Waals surface area contributed by atoms with Crippen molar-refractivity contribution in [3.8, 4) is 0 Å². The van der Waals surface area contributed by atoms with Gasteiger partial charge in [-0.25, -0.2) is 0 Å². The van der Waals surface area contributed by atoms with Gasteiger partial charge in [0.2, 0.25) is 0 Å². The van der Waals surface area contributed by atoms with Crippen LogP contribution in [0.3, 0.4) is 0 Å². The van der Waals surface area contributed by atoms with Crippen LogP contribution in [0.5, 0.6) is 0 Å². The Morgan fingerprint density at radius 1 is 1.35 bits per heavy atom. The average Bonchev–Trinajstić information content (AvgIpc) is 2.86. The molecule has 0 aliphatic carbocycles. The van der Waals surface area contributed by atoms with Crippen LogP contribution in [-0.4, -0.2) is 24.0 Å². The molecule has 0 aromatic carbocycles. The summed E-state index contributed by atoms with van der Waals surface area (Å²) in [6.07, 6.45) is 2.67. The number of rotatable bonds is 5. The highest BCUT2D eigenvalue weighted by molar-refractivity contribution is 5.20. The zero-order valence-electron chi connectivity index (χ0n) is 11.3. The molecule has 1 saturated heterocycles. The van der Waals surface area contributed by atoms with Crippen LogP contribution in [-0.2, 0) is 13.1 Å². The van der Waals surface area contributed by atoms with E-state index in [0.717, 1.165) is 24.6 Å². The quantitative estimate of drug-likeness (QED) is 0.852. The van der Waals surface area contributed by atoms with E-state index in [9.17, 15) is 0 Å². The number of aryl methyl sites for hydroxylation is 1. The van der Waals surface area contributed by atoms with Gasteiger partial charge in [-0.15, -0.1) is 0 Å². The molecule has 0 radical (unpaired) electrons. The van der Waals surface area contributed by atoms with E-state index in [1.165, 1.54) is 31.5 Å². The van der Waals surface area contributed by atoms with Gasteiger partial charge in [-0.2, -0.15) is 0 Å².